The summed E-state index contributed by atoms with van der Waals surface area (Å²) in [6.45, 7) is 1.09. The van der Waals surface area contributed by atoms with E-state index in [0.29, 0.717) is 31.6 Å². The van der Waals surface area contributed by atoms with Crippen LogP contribution in [0.5, 0.6) is 0 Å². The lowest BCUT2D eigenvalue weighted by Crippen LogP contribution is -2.52. The van der Waals surface area contributed by atoms with E-state index in [2.05, 4.69) is 10.6 Å². The van der Waals surface area contributed by atoms with Crippen LogP contribution in [0, 0.1) is 11.8 Å². The Kier molecular flexibility index (Phi) is 4.67. The van der Waals surface area contributed by atoms with Crippen LogP contribution < -0.4 is 16.4 Å². The number of hydrogen-bond acceptors (Lipinski definition) is 5. The van der Waals surface area contributed by atoms with Gasteiger partial charge in [-0.1, -0.05) is 18.2 Å². The number of rotatable bonds is 4. The standard InChI is InChI=1S/C22H28N4O3/c23-16-6-14-8-17(9-15(14)7-16)24-10-12-2-1-3-13-11-26(22(29)20(12)13)18-4-5-19(27)25-21(18)28/h1-3,14-18,24H,4-11,23H2,(H,25,27,28). The highest BCUT2D eigenvalue weighted by molar-refractivity contribution is 6.05. The van der Waals surface area contributed by atoms with Crippen molar-refractivity contribution in [3.8, 4) is 0 Å². The van der Waals surface area contributed by atoms with Gasteiger partial charge < -0.3 is 16.0 Å². The number of fused-ring (bicyclic) bond motifs is 2. The van der Waals surface area contributed by atoms with Crippen LogP contribution in [0.25, 0.3) is 0 Å². The number of carbonyl (C=O) groups excluding carboxylic acids is 3. The van der Waals surface area contributed by atoms with Crippen molar-refractivity contribution in [3.63, 3.8) is 0 Å². The van der Waals surface area contributed by atoms with Crippen LogP contribution in [0.4, 0.5) is 0 Å². The Morgan fingerprint density at radius 2 is 1.86 bits per heavy atom. The molecule has 2 aliphatic heterocycles. The molecule has 4 aliphatic rings. The van der Waals surface area contributed by atoms with Gasteiger partial charge in [0.15, 0.2) is 0 Å². The highest BCUT2D eigenvalue weighted by Gasteiger charge is 2.41. The second-order valence-corrected chi connectivity index (χ2v) is 9.15. The van der Waals surface area contributed by atoms with Crippen LogP contribution in [-0.2, 0) is 22.7 Å². The zero-order chi connectivity index (χ0) is 20.1. The summed E-state index contributed by atoms with van der Waals surface area (Å²) < 4.78 is 0. The fraction of sp³-hybridized carbons (Fsp3) is 0.591. The van der Waals surface area contributed by atoms with Crippen molar-refractivity contribution in [1.29, 1.82) is 0 Å². The summed E-state index contributed by atoms with van der Waals surface area (Å²) in [4.78, 5) is 38.5. The summed E-state index contributed by atoms with van der Waals surface area (Å²) in [6, 6.07) is 6.24. The molecule has 0 spiro atoms. The third-order valence-electron chi connectivity index (χ3n) is 7.27. The average molecular weight is 396 g/mol. The third-order valence-corrected chi connectivity index (χ3v) is 7.27. The van der Waals surface area contributed by atoms with Crippen molar-refractivity contribution in [1.82, 2.24) is 15.5 Å². The lowest BCUT2D eigenvalue weighted by Gasteiger charge is -2.29. The molecule has 0 aromatic heterocycles. The first-order valence-electron chi connectivity index (χ1n) is 10.7. The van der Waals surface area contributed by atoms with E-state index in [1.165, 1.54) is 12.8 Å². The van der Waals surface area contributed by atoms with Gasteiger partial charge in [-0.15, -0.1) is 0 Å². The van der Waals surface area contributed by atoms with E-state index in [4.69, 9.17) is 5.73 Å². The second-order valence-electron chi connectivity index (χ2n) is 9.15. The number of imide groups is 1. The molecule has 0 radical (unpaired) electrons. The van der Waals surface area contributed by atoms with E-state index in [9.17, 15) is 14.4 Å². The molecular formula is C22H28N4O3. The van der Waals surface area contributed by atoms with Gasteiger partial charge in [0.2, 0.25) is 11.8 Å². The summed E-state index contributed by atoms with van der Waals surface area (Å²) in [7, 11) is 0. The van der Waals surface area contributed by atoms with Gasteiger partial charge in [0.25, 0.3) is 5.91 Å². The first-order chi connectivity index (χ1) is 14.0. The molecule has 1 aromatic rings. The van der Waals surface area contributed by atoms with Crippen LogP contribution >= 0.6 is 0 Å². The van der Waals surface area contributed by atoms with E-state index in [1.807, 2.05) is 18.2 Å². The van der Waals surface area contributed by atoms with Crippen LogP contribution in [-0.4, -0.2) is 40.7 Å². The molecule has 3 unspecified atom stereocenters. The third kappa shape index (κ3) is 3.36. The molecular weight excluding hydrogens is 368 g/mol. The van der Waals surface area contributed by atoms with Crippen molar-refractivity contribution in [2.75, 3.05) is 0 Å². The molecule has 7 nitrogen and oxygen atoms in total. The normalized spacial score (nSPS) is 33.8. The van der Waals surface area contributed by atoms with Crippen LogP contribution in [0.15, 0.2) is 18.2 Å². The molecule has 1 saturated heterocycles. The number of carbonyl (C=O) groups is 3. The summed E-state index contributed by atoms with van der Waals surface area (Å²) in [5.41, 5.74) is 8.78. The molecule has 3 fully saturated rings. The Bertz CT molecular complexity index is 856. The second kappa shape index (κ2) is 7.22. The van der Waals surface area contributed by atoms with Crippen molar-refractivity contribution in [3.05, 3.63) is 34.9 Å². The van der Waals surface area contributed by atoms with Crippen LogP contribution in [0.1, 0.15) is 60.0 Å². The minimum Gasteiger partial charge on any atom is -0.328 e. The van der Waals surface area contributed by atoms with Gasteiger partial charge in [0.1, 0.15) is 6.04 Å². The first kappa shape index (κ1) is 18.8. The minimum absolute atomic E-state index is 0.0961. The average Bonchev–Trinajstić information content (AvgIpc) is 3.31. The highest BCUT2D eigenvalue weighted by atomic mass is 16.2. The molecule has 5 rings (SSSR count). The molecule has 2 heterocycles. The van der Waals surface area contributed by atoms with Crippen LogP contribution in [0.3, 0.4) is 0 Å². The molecule has 4 N–H and O–H groups in total. The number of benzene rings is 1. The lowest BCUT2D eigenvalue weighted by molar-refractivity contribution is -0.136. The van der Waals surface area contributed by atoms with E-state index < -0.39 is 6.04 Å². The maximum Gasteiger partial charge on any atom is 0.255 e. The minimum atomic E-state index is -0.563. The highest BCUT2D eigenvalue weighted by Crippen LogP contribution is 2.43. The van der Waals surface area contributed by atoms with Gasteiger partial charge in [-0.05, 0) is 55.1 Å². The molecule has 7 heteroatoms. The fourth-order valence-electron chi connectivity index (χ4n) is 5.92. The number of hydrogen-bond donors (Lipinski definition) is 3. The van der Waals surface area contributed by atoms with E-state index in [0.717, 1.165) is 41.4 Å². The number of nitrogens with one attached hydrogen (secondary N) is 2. The molecule has 2 aliphatic carbocycles. The Balaban J connectivity index is 1.27. The Morgan fingerprint density at radius 3 is 2.59 bits per heavy atom. The van der Waals surface area contributed by atoms with Gasteiger partial charge in [0, 0.05) is 37.2 Å². The first-order valence-corrected chi connectivity index (χ1v) is 10.7. The maximum atomic E-state index is 13.2. The molecule has 29 heavy (non-hydrogen) atoms. The molecule has 0 bridgehead atoms. The summed E-state index contributed by atoms with van der Waals surface area (Å²) in [5, 5.41) is 6.02. The summed E-state index contributed by atoms with van der Waals surface area (Å²) in [5.74, 6) is 0.767. The van der Waals surface area contributed by atoms with Crippen molar-refractivity contribution in [2.24, 2.45) is 17.6 Å². The van der Waals surface area contributed by atoms with Gasteiger partial charge in [-0.2, -0.15) is 0 Å². The number of nitrogens with zero attached hydrogens (tertiary/aromatic N) is 1. The molecule has 154 valence electrons. The predicted molar refractivity (Wildman–Crippen MR) is 107 cm³/mol. The van der Waals surface area contributed by atoms with Gasteiger partial charge in [0.05, 0.1) is 0 Å². The Labute approximate surface area is 170 Å². The van der Waals surface area contributed by atoms with E-state index in [-0.39, 0.29) is 24.1 Å². The lowest BCUT2D eigenvalue weighted by atomic mass is 10.0. The van der Waals surface area contributed by atoms with E-state index >= 15 is 0 Å². The topological polar surface area (TPSA) is 105 Å². The van der Waals surface area contributed by atoms with Crippen molar-refractivity contribution in [2.45, 2.75) is 69.7 Å². The van der Waals surface area contributed by atoms with Gasteiger partial charge in [-0.25, -0.2) is 0 Å². The van der Waals surface area contributed by atoms with Crippen molar-refractivity contribution >= 4 is 17.7 Å². The van der Waals surface area contributed by atoms with E-state index in [1.54, 1.807) is 4.90 Å². The van der Waals surface area contributed by atoms with Gasteiger partial charge in [-0.3, -0.25) is 19.7 Å². The van der Waals surface area contributed by atoms with Crippen molar-refractivity contribution < 1.29 is 14.4 Å². The SMILES string of the molecule is NC1CC2CC(NCc3cccc4c3C(=O)N(C3CCC(=O)NC3=O)C4)CC2C1. The predicted octanol–water partition coefficient (Wildman–Crippen LogP) is 1.05. The number of amides is 3. The zero-order valence-electron chi connectivity index (χ0n) is 16.5. The molecule has 2 saturated carbocycles. The smallest absolute Gasteiger partial charge is 0.255 e. The maximum absolute atomic E-state index is 13.2. The largest absolute Gasteiger partial charge is 0.328 e. The molecule has 3 atom stereocenters. The number of nitrogens with two attached hydrogens (primary N) is 1. The van der Waals surface area contributed by atoms with Gasteiger partial charge >= 0.3 is 0 Å². The number of piperidine rings is 1. The molecule has 1 aromatic carbocycles. The Morgan fingerprint density at radius 1 is 1.10 bits per heavy atom. The summed E-state index contributed by atoms with van der Waals surface area (Å²) in [6.07, 6.45) is 5.29. The summed E-state index contributed by atoms with van der Waals surface area (Å²) >= 11 is 0. The molecule has 3 amide bonds. The zero-order valence-corrected chi connectivity index (χ0v) is 16.5. The Hall–Kier alpha value is -2.25. The monoisotopic (exact) mass is 396 g/mol. The quantitative estimate of drug-likeness (QED) is 0.660. The fourth-order valence-corrected chi connectivity index (χ4v) is 5.92. The van der Waals surface area contributed by atoms with Crippen LogP contribution in [0.2, 0.25) is 0 Å².